The third-order valence-electron chi connectivity index (χ3n) is 11.1. The van der Waals surface area contributed by atoms with Crippen molar-refractivity contribution in [2.24, 2.45) is 58.2 Å². The van der Waals surface area contributed by atoms with Crippen LogP contribution in [0.1, 0.15) is 99.3 Å². The van der Waals surface area contributed by atoms with Crippen LogP contribution in [-0.2, 0) is 0 Å². The summed E-state index contributed by atoms with van der Waals surface area (Å²) in [4.78, 5) is 0. The molecule has 4 aliphatic carbocycles. The summed E-state index contributed by atoms with van der Waals surface area (Å²) < 4.78 is 0. The van der Waals surface area contributed by atoms with Crippen LogP contribution >= 0.6 is 0 Å². The predicted molar refractivity (Wildman–Crippen MR) is 124 cm³/mol. The first-order chi connectivity index (χ1) is 13.7. The monoisotopic (exact) mass is 400 g/mol. The third-order valence-corrected chi connectivity index (χ3v) is 11.1. The highest BCUT2D eigenvalue weighted by molar-refractivity contribution is 5.11. The summed E-state index contributed by atoms with van der Waals surface area (Å²) in [5, 5.41) is 10.3. The smallest absolute Gasteiger partial charge is 0.0543 e. The summed E-state index contributed by atoms with van der Waals surface area (Å²) >= 11 is 0. The van der Waals surface area contributed by atoms with Gasteiger partial charge in [0.25, 0.3) is 0 Å². The zero-order valence-electron chi connectivity index (χ0n) is 20.2. The van der Waals surface area contributed by atoms with Gasteiger partial charge in [0.1, 0.15) is 0 Å². The molecule has 0 bridgehead atoms. The lowest BCUT2D eigenvalue weighted by Gasteiger charge is -2.61. The lowest BCUT2D eigenvalue weighted by molar-refractivity contribution is -0.128. The van der Waals surface area contributed by atoms with Crippen molar-refractivity contribution in [2.45, 2.75) is 105 Å². The van der Waals surface area contributed by atoms with E-state index in [0.29, 0.717) is 16.7 Å². The summed E-state index contributed by atoms with van der Waals surface area (Å²) in [5.41, 5.74) is 1.07. The molecule has 0 saturated heterocycles. The molecule has 0 spiro atoms. The van der Waals surface area contributed by atoms with E-state index in [1.165, 1.54) is 44.9 Å². The maximum Gasteiger partial charge on any atom is 0.0543 e. The minimum absolute atomic E-state index is 0.0183. The standard InChI is InChI=1S/C28H48O/c1-18(2)19(3)7-8-20(4)24-11-12-25-23-10-9-21-17-22(29)13-15-27(21,5)26(23)14-16-28(24,25)6/h7-8,18-26,29H,9-17H2,1-6H3/b8-7+/t19-,20+,21+,22+,23-,24+,25-,26-,27-,28+/m0/s1. The fourth-order valence-corrected chi connectivity index (χ4v) is 8.85. The van der Waals surface area contributed by atoms with Gasteiger partial charge in [-0.2, -0.15) is 0 Å². The van der Waals surface area contributed by atoms with Gasteiger partial charge in [0.05, 0.1) is 6.10 Å². The fourth-order valence-electron chi connectivity index (χ4n) is 8.85. The van der Waals surface area contributed by atoms with E-state index in [0.717, 1.165) is 54.3 Å². The zero-order chi connectivity index (χ0) is 21.0. The SMILES string of the molecule is CC(C)[C@@H](C)/C=C/[C@@H](C)[C@H]1CC[C@H]2[C@@H]3CC[C@@H]4C[C@H](O)CC[C@]4(C)[C@H]3CC[C@]12C. The van der Waals surface area contributed by atoms with Gasteiger partial charge < -0.3 is 5.11 Å². The highest BCUT2D eigenvalue weighted by Crippen LogP contribution is 2.68. The topological polar surface area (TPSA) is 20.2 Å². The first kappa shape index (κ1) is 21.9. The summed E-state index contributed by atoms with van der Waals surface area (Å²) in [5.74, 6) is 6.66. The molecule has 166 valence electrons. The van der Waals surface area contributed by atoms with Crippen molar-refractivity contribution in [1.82, 2.24) is 0 Å². The molecule has 0 aromatic carbocycles. The number of hydrogen-bond acceptors (Lipinski definition) is 1. The van der Waals surface area contributed by atoms with Crippen molar-refractivity contribution in [3.8, 4) is 0 Å². The summed E-state index contributed by atoms with van der Waals surface area (Å²) in [6.07, 6.45) is 17.1. The van der Waals surface area contributed by atoms with Crippen LogP contribution in [-0.4, -0.2) is 11.2 Å². The predicted octanol–water partition coefficient (Wildman–Crippen LogP) is 7.49. The van der Waals surface area contributed by atoms with E-state index in [1.54, 1.807) is 0 Å². The molecule has 1 heteroatoms. The fraction of sp³-hybridized carbons (Fsp3) is 0.929. The Hall–Kier alpha value is -0.300. The van der Waals surface area contributed by atoms with E-state index in [2.05, 4.69) is 53.7 Å². The van der Waals surface area contributed by atoms with Crippen LogP contribution in [0.3, 0.4) is 0 Å². The Bertz CT molecular complexity index is 607. The largest absolute Gasteiger partial charge is 0.393 e. The van der Waals surface area contributed by atoms with Gasteiger partial charge >= 0.3 is 0 Å². The van der Waals surface area contributed by atoms with Crippen LogP contribution in [0.4, 0.5) is 0 Å². The van der Waals surface area contributed by atoms with Crippen LogP contribution in [0.15, 0.2) is 12.2 Å². The normalized spacial score (nSPS) is 49.5. The molecule has 0 amide bonds. The summed E-state index contributed by atoms with van der Waals surface area (Å²) in [6.45, 7) is 14.9. The van der Waals surface area contributed by atoms with Crippen molar-refractivity contribution in [1.29, 1.82) is 0 Å². The second-order valence-corrected chi connectivity index (χ2v) is 12.7. The Kier molecular flexibility index (Phi) is 6.04. The van der Waals surface area contributed by atoms with Crippen molar-refractivity contribution in [3.05, 3.63) is 12.2 Å². The van der Waals surface area contributed by atoms with Crippen molar-refractivity contribution in [3.63, 3.8) is 0 Å². The number of hydrogen-bond donors (Lipinski definition) is 1. The highest BCUT2D eigenvalue weighted by Gasteiger charge is 2.60. The minimum Gasteiger partial charge on any atom is -0.393 e. The molecule has 1 N–H and O–H groups in total. The lowest BCUT2D eigenvalue weighted by Crippen LogP contribution is -2.54. The number of aliphatic hydroxyl groups excluding tert-OH is 1. The quantitative estimate of drug-likeness (QED) is 0.485. The van der Waals surface area contributed by atoms with E-state index < -0.39 is 0 Å². The maximum atomic E-state index is 10.3. The van der Waals surface area contributed by atoms with Crippen LogP contribution in [0.2, 0.25) is 0 Å². The van der Waals surface area contributed by atoms with Crippen molar-refractivity contribution in [2.75, 3.05) is 0 Å². The number of rotatable bonds is 4. The van der Waals surface area contributed by atoms with Crippen molar-refractivity contribution >= 4 is 0 Å². The molecule has 0 aliphatic heterocycles. The average Bonchev–Trinajstić information content (AvgIpc) is 3.03. The van der Waals surface area contributed by atoms with Gasteiger partial charge in [0.2, 0.25) is 0 Å². The molecule has 0 unspecified atom stereocenters. The van der Waals surface area contributed by atoms with Gasteiger partial charge in [-0.25, -0.2) is 0 Å². The molecule has 0 radical (unpaired) electrons. The molecule has 10 atom stereocenters. The molecular formula is C28H48O. The van der Waals surface area contributed by atoms with E-state index in [-0.39, 0.29) is 6.10 Å². The number of aliphatic hydroxyl groups is 1. The lowest BCUT2D eigenvalue weighted by atomic mass is 9.44. The molecule has 29 heavy (non-hydrogen) atoms. The minimum atomic E-state index is -0.0183. The molecule has 0 aromatic heterocycles. The molecule has 0 heterocycles. The second-order valence-electron chi connectivity index (χ2n) is 12.7. The van der Waals surface area contributed by atoms with Gasteiger partial charge in [-0.1, -0.05) is 53.7 Å². The van der Waals surface area contributed by atoms with E-state index >= 15 is 0 Å². The van der Waals surface area contributed by atoms with Crippen LogP contribution < -0.4 is 0 Å². The van der Waals surface area contributed by atoms with E-state index in [9.17, 15) is 5.11 Å². The van der Waals surface area contributed by atoms with Gasteiger partial charge in [-0.15, -0.1) is 0 Å². The van der Waals surface area contributed by atoms with Crippen molar-refractivity contribution < 1.29 is 5.11 Å². The molecule has 4 rings (SSSR count). The molecule has 4 fully saturated rings. The highest BCUT2D eigenvalue weighted by atomic mass is 16.3. The maximum absolute atomic E-state index is 10.3. The average molecular weight is 401 g/mol. The zero-order valence-corrected chi connectivity index (χ0v) is 20.2. The third kappa shape index (κ3) is 3.66. The second kappa shape index (κ2) is 7.99. The Morgan fingerprint density at radius 2 is 1.48 bits per heavy atom. The van der Waals surface area contributed by atoms with E-state index in [1.807, 2.05) is 0 Å². The number of allylic oxidation sites excluding steroid dienone is 2. The molecule has 1 nitrogen and oxygen atoms in total. The Morgan fingerprint density at radius 1 is 0.793 bits per heavy atom. The Labute approximate surface area is 181 Å². The van der Waals surface area contributed by atoms with Crippen LogP contribution in [0.25, 0.3) is 0 Å². The van der Waals surface area contributed by atoms with Gasteiger partial charge in [0.15, 0.2) is 0 Å². The molecule has 0 aromatic rings. The van der Waals surface area contributed by atoms with Gasteiger partial charge in [0, 0.05) is 0 Å². The molecular weight excluding hydrogens is 352 g/mol. The first-order valence-corrected chi connectivity index (χ1v) is 13.0. The van der Waals surface area contributed by atoms with Gasteiger partial charge in [-0.05, 0) is 116 Å². The Balaban J connectivity index is 1.50. The van der Waals surface area contributed by atoms with E-state index in [4.69, 9.17) is 0 Å². The summed E-state index contributed by atoms with van der Waals surface area (Å²) in [7, 11) is 0. The first-order valence-electron chi connectivity index (χ1n) is 13.0. The van der Waals surface area contributed by atoms with Crippen LogP contribution in [0.5, 0.6) is 0 Å². The van der Waals surface area contributed by atoms with Gasteiger partial charge in [-0.3, -0.25) is 0 Å². The molecule has 4 saturated carbocycles. The Morgan fingerprint density at radius 3 is 2.21 bits per heavy atom. The molecule has 4 aliphatic rings. The number of fused-ring (bicyclic) bond motifs is 5. The summed E-state index contributed by atoms with van der Waals surface area (Å²) in [6, 6.07) is 0. The van der Waals surface area contributed by atoms with Crippen LogP contribution in [0, 0.1) is 58.2 Å².